The van der Waals surface area contributed by atoms with Crippen molar-refractivity contribution in [3.63, 3.8) is 0 Å². The van der Waals surface area contributed by atoms with Gasteiger partial charge in [-0.15, -0.1) is 0 Å². The molecule has 0 aliphatic rings. The summed E-state index contributed by atoms with van der Waals surface area (Å²) in [5, 5.41) is 10.4. The van der Waals surface area contributed by atoms with Crippen LogP contribution < -0.4 is 17.0 Å². The maximum absolute atomic E-state index is 9.63. The zero-order chi connectivity index (χ0) is 18.3. The molecule has 6 N–H and O–H groups in total. The normalized spacial score (nSPS) is 10.8. The molecule has 0 atom stereocenters. The van der Waals surface area contributed by atoms with E-state index < -0.39 is 0 Å². The SMILES string of the molecule is CC/C(C)=C\c1cc(Cl)cc(Cl)c1O.Cc1ccc(NN)c(N)c1. The van der Waals surface area contributed by atoms with Gasteiger partial charge in [0.1, 0.15) is 5.75 Å². The van der Waals surface area contributed by atoms with E-state index in [2.05, 4.69) is 12.3 Å². The first kappa shape index (κ1) is 20.2. The largest absolute Gasteiger partial charge is 0.506 e. The molecule has 0 saturated heterocycles. The van der Waals surface area contributed by atoms with Crippen LogP contribution in [0.2, 0.25) is 10.0 Å². The molecule has 0 radical (unpaired) electrons. The van der Waals surface area contributed by atoms with E-state index in [-0.39, 0.29) is 10.8 Å². The van der Waals surface area contributed by atoms with Crippen molar-refractivity contribution in [2.45, 2.75) is 27.2 Å². The average molecular weight is 368 g/mol. The first-order valence-corrected chi connectivity index (χ1v) is 8.22. The van der Waals surface area contributed by atoms with Crippen molar-refractivity contribution in [1.82, 2.24) is 0 Å². The maximum Gasteiger partial charge on any atom is 0.141 e. The molecule has 4 nitrogen and oxygen atoms in total. The Morgan fingerprint density at radius 2 is 1.92 bits per heavy atom. The van der Waals surface area contributed by atoms with Crippen molar-refractivity contribution in [1.29, 1.82) is 0 Å². The van der Waals surface area contributed by atoms with Crippen LogP contribution >= 0.6 is 23.2 Å². The second kappa shape index (κ2) is 9.42. The topological polar surface area (TPSA) is 84.3 Å². The second-order valence-electron chi connectivity index (χ2n) is 5.40. The number of anilines is 2. The molecular formula is C18H23Cl2N3O. The number of rotatable bonds is 3. The first-order chi connectivity index (χ1) is 11.3. The lowest BCUT2D eigenvalue weighted by Crippen LogP contribution is -2.08. The summed E-state index contributed by atoms with van der Waals surface area (Å²) in [6.45, 7) is 6.03. The second-order valence-corrected chi connectivity index (χ2v) is 6.25. The monoisotopic (exact) mass is 367 g/mol. The molecule has 0 amide bonds. The predicted molar refractivity (Wildman–Crippen MR) is 105 cm³/mol. The number of phenols is 1. The van der Waals surface area contributed by atoms with Crippen molar-refractivity contribution in [2.75, 3.05) is 11.2 Å². The van der Waals surface area contributed by atoms with Crippen LogP contribution in [0.5, 0.6) is 5.75 Å². The standard InChI is InChI=1S/C11H12Cl2O.C7H11N3/c1-3-7(2)4-8-5-9(12)6-10(13)11(8)14;1-5-2-3-7(10-9)6(8)4-5/h4-6,14H,3H2,1-2H3;2-4,10H,8-9H2,1H3/b7-4-;. The smallest absolute Gasteiger partial charge is 0.141 e. The number of hydrazine groups is 1. The van der Waals surface area contributed by atoms with Crippen LogP contribution in [-0.4, -0.2) is 5.11 Å². The van der Waals surface area contributed by atoms with Gasteiger partial charge < -0.3 is 16.3 Å². The molecule has 0 heterocycles. The van der Waals surface area contributed by atoms with Gasteiger partial charge in [0.2, 0.25) is 0 Å². The third kappa shape index (κ3) is 5.96. The number of aryl methyl sites for hydroxylation is 1. The van der Waals surface area contributed by atoms with Gasteiger partial charge in [-0.3, -0.25) is 5.84 Å². The van der Waals surface area contributed by atoms with Crippen molar-refractivity contribution in [2.24, 2.45) is 5.84 Å². The minimum atomic E-state index is 0.0869. The van der Waals surface area contributed by atoms with Gasteiger partial charge >= 0.3 is 0 Å². The van der Waals surface area contributed by atoms with Crippen molar-refractivity contribution < 1.29 is 5.11 Å². The van der Waals surface area contributed by atoms with Crippen LogP contribution in [0, 0.1) is 6.92 Å². The van der Waals surface area contributed by atoms with Gasteiger partial charge in [-0.05, 0) is 50.1 Å². The predicted octanol–water partition coefficient (Wildman–Crippen LogP) is 5.38. The van der Waals surface area contributed by atoms with Crippen LogP contribution in [0.25, 0.3) is 6.08 Å². The van der Waals surface area contributed by atoms with Crippen molar-refractivity contribution >= 4 is 40.7 Å². The van der Waals surface area contributed by atoms with E-state index in [0.717, 1.165) is 17.7 Å². The van der Waals surface area contributed by atoms with Crippen molar-refractivity contribution in [3.05, 3.63) is 57.1 Å². The Bertz CT molecular complexity index is 730. The van der Waals surface area contributed by atoms with Crippen LogP contribution in [0.3, 0.4) is 0 Å². The lowest BCUT2D eigenvalue weighted by Gasteiger charge is -2.04. The number of benzene rings is 2. The first-order valence-electron chi connectivity index (χ1n) is 7.46. The summed E-state index contributed by atoms with van der Waals surface area (Å²) in [6, 6.07) is 8.89. The van der Waals surface area contributed by atoms with Crippen LogP contribution in [-0.2, 0) is 0 Å². The Kier molecular flexibility index (Phi) is 7.92. The molecular weight excluding hydrogens is 345 g/mol. The van der Waals surface area contributed by atoms with Gasteiger partial charge in [-0.1, -0.05) is 47.8 Å². The lowest BCUT2D eigenvalue weighted by molar-refractivity contribution is 0.474. The van der Waals surface area contributed by atoms with Gasteiger partial charge in [-0.2, -0.15) is 0 Å². The number of allylic oxidation sites excluding steroid dienone is 1. The molecule has 0 spiro atoms. The third-order valence-electron chi connectivity index (χ3n) is 3.38. The van der Waals surface area contributed by atoms with Crippen LogP contribution in [0.1, 0.15) is 31.4 Å². The molecule has 0 unspecified atom stereocenters. The fourth-order valence-corrected chi connectivity index (χ4v) is 2.39. The van der Waals surface area contributed by atoms with Gasteiger partial charge in [0, 0.05) is 10.6 Å². The van der Waals surface area contributed by atoms with Crippen LogP contribution in [0.15, 0.2) is 35.9 Å². The molecule has 0 aliphatic carbocycles. The molecule has 0 saturated carbocycles. The zero-order valence-corrected chi connectivity index (χ0v) is 15.5. The molecule has 2 aromatic carbocycles. The van der Waals surface area contributed by atoms with E-state index in [1.165, 1.54) is 11.6 Å². The summed E-state index contributed by atoms with van der Waals surface area (Å²) in [6.07, 6.45) is 2.82. The summed E-state index contributed by atoms with van der Waals surface area (Å²) < 4.78 is 0. The highest BCUT2D eigenvalue weighted by Gasteiger charge is 2.05. The fourth-order valence-electron chi connectivity index (χ4n) is 1.88. The van der Waals surface area contributed by atoms with E-state index in [1.54, 1.807) is 6.07 Å². The Morgan fingerprint density at radius 1 is 1.25 bits per heavy atom. The summed E-state index contributed by atoms with van der Waals surface area (Å²) in [5.41, 5.74) is 12.5. The summed E-state index contributed by atoms with van der Waals surface area (Å²) in [4.78, 5) is 0. The molecule has 2 rings (SSSR count). The molecule has 0 aromatic heterocycles. The fraction of sp³-hybridized carbons (Fsp3) is 0.222. The van der Waals surface area contributed by atoms with Gasteiger partial charge in [-0.25, -0.2) is 0 Å². The molecule has 0 bridgehead atoms. The van der Waals surface area contributed by atoms with Gasteiger partial charge in [0.15, 0.2) is 0 Å². The molecule has 2 aromatic rings. The number of nitrogen functional groups attached to an aromatic ring is 2. The third-order valence-corrected chi connectivity index (χ3v) is 3.89. The highest BCUT2D eigenvalue weighted by molar-refractivity contribution is 6.35. The molecule has 0 aliphatic heterocycles. The van der Waals surface area contributed by atoms with E-state index >= 15 is 0 Å². The number of hydrogen-bond donors (Lipinski definition) is 4. The molecule has 6 heteroatoms. The Labute approximate surface area is 153 Å². The number of nitrogens with one attached hydrogen (secondary N) is 1. The van der Waals surface area contributed by atoms with Gasteiger partial charge in [0.25, 0.3) is 0 Å². The summed E-state index contributed by atoms with van der Waals surface area (Å²) in [5.74, 6) is 5.26. The number of aromatic hydroxyl groups is 1. The number of phenolic OH excluding ortho intramolecular Hbond substituents is 1. The minimum Gasteiger partial charge on any atom is -0.506 e. The maximum atomic E-state index is 9.63. The highest BCUT2D eigenvalue weighted by atomic mass is 35.5. The van der Waals surface area contributed by atoms with E-state index in [4.69, 9.17) is 34.8 Å². The van der Waals surface area contributed by atoms with E-state index in [0.29, 0.717) is 16.3 Å². The van der Waals surface area contributed by atoms with E-state index in [9.17, 15) is 5.11 Å². The molecule has 0 fully saturated rings. The Balaban J connectivity index is 0.000000254. The van der Waals surface area contributed by atoms with Crippen molar-refractivity contribution in [3.8, 4) is 5.75 Å². The minimum absolute atomic E-state index is 0.0869. The summed E-state index contributed by atoms with van der Waals surface area (Å²) >= 11 is 11.6. The molecule has 130 valence electrons. The highest BCUT2D eigenvalue weighted by Crippen LogP contribution is 2.32. The molecule has 24 heavy (non-hydrogen) atoms. The quantitative estimate of drug-likeness (QED) is 0.333. The lowest BCUT2D eigenvalue weighted by atomic mass is 10.1. The number of halogens is 2. The number of hydrogen-bond acceptors (Lipinski definition) is 4. The van der Waals surface area contributed by atoms with Gasteiger partial charge in [0.05, 0.1) is 16.4 Å². The Hall–Kier alpha value is -1.88. The Morgan fingerprint density at radius 3 is 2.46 bits per heavy atom. The van der Waals surface area contributed by atoms with Crippen LogP contribution in [0.4, 0.5) is 11.4 Å². The number of nitrogens with two attached hydrogens (primary N) is 2. The van der Waals surface area contributed by atoms with E-state index in [1.807, 2.05) is 38.1 Å². The summed E-state index contributed by atoms with van der Waals surface area (Å²) in [7, 11) is 0. The zero-order valence-electron chi connectivity index (χ0n) is 14.0. The average Bonchev–Trinajstić information content (AvgIpc) is 2.52.